The summed E-state index contributed by atoms with van der Waals surface area (Å²) >= 11 is 2.61. The third-order valence-corrected chi connectivity index (χ3v) is 2.66. The first kappa shape index (κ1) is 13.9. The van der Waals surface area contributed by atoms with Gasteiger partial charge in [0.1, 0.15) is 5.82 Å². The second kappa shape index (κ2) is 4.26. The van der Waals surface area contributed by atoms with Gasteiger partial charge in [0.05, 0.1) is 4.47 Å². The van der Waals surface area contributed by atoms with Crippen molar-refractivity contribution in [1.29, 1.82) is 0 Å². The van der Waals surface area contributed by atoms with Crippen molar-refractivity contribution in [3.8, 4) is 0 Å². The Morgan fingerprint density at radius 3 is 2.18 bits per heavy atom. The van der Waals surface area contributed by atoms with Crippen molar-refractivity contribution in [1.82, 2.24) is 0 Å². The first-order valence-corrected chi connectivity index (χ1v) is 4.88. The number of aliphatic carboxylic acids is 1. The molecule has 2 N–H and O–H groups in total. The molecule has 0 saturated heterocycles. The van der Waals surface area contributed by atoms with E-state index in [1.807, 2.05) is 0 Å². The van der Waals surface area contributed by atoms with Crippen LogP contribution >= 0.6 is 15.9 Å². The first-order valence-electron chi connectivity index (χ1n) is 4.08. The van der Waals surface area contributed by atoms with Gasteiger partial charge in [0.2, 0.25) is 0 Å². The highest BCUT2D eigenvalue weighted by molar-refractivity contribution is 9.10. The normalized spacial score (nSPS) is 15.4. The van der Waals surface area contributed by atoms with Crippen LogP contribution in [0.5, 0.6) is 0 Å². The minimum absolute atomic E-state index is 0.376. The van der Waals surface area contributed by atoms with Gasteiger partial charge >= 0.3 is 12.1 Å². The monoisotopic (exact) mass is 316 g/mol. The predicted octanol–water partition coefficient (Wildman–Crippen LogP) is 2.42. The van der Waals surface area contributed by atoms with Crippen LogP contribution in [0, 0.1) is 5.82 Å². The summed E-state index contributed by atoms with van der Waals surface area (Å²) in [6.45, 7) is 0. The Bertz CT molecular complexity index is 460. The average Bonchev–Trinajstić information content (AvgIpc) is 2.19. The average molecular weight is 317 g/mol. The molecular weight excluding hydrogens is 312 g/mol. The number of carboxylic acid groups (broad SMARTS) is 1. The van der Waals surface area contributed by atoms with Crippen molar-refractivity contribution >= 4 is 21.9 Å². The maximum atomic E-state index is 12.8. The van der Waals surface area contributed by atoms with Gasteiger partial charge in [-0.1, -0.05) is 6.07 Å². The number of carbonyl (C=O) groups is 1. The van der Waals surface area contributed by atoms with Gasteiger partial charge in [-0.3, -0.25) is 0 Å². The molecule has 1 rings (SSSR count). The summed E-state index contributed by atoms with van der Waals surface area (Å²) in [5.41, 5.74) is -5.05. The Morgan fingerprint density at radius 2 is 1.82 bits per heavy atom. The minimum Gasteiger partial charge on any atom is -0.479 e. The van der Waals surface area contributed by atoms with Crippen LogP contribution < -0.4 is 0 Å². The molecule has 0 aliphatic carbocycles. The summed E-state index contributed by atoms with van der Waals surface area (Å²) in [5.74, 6) is -3.35. The van der Waals surface area contributed by atoms with E-state index in [1.54, 1.807) is 0 Å². The maximum Gasteiger partial charge on any atom is 0.432 e. The van der Waals surface area contributed by atoms with E-state index < -0.39 is 29.1 Å². The molecule has 94 valence electrons. The Kier molecular flexibility index (Phi) is 3.49. The molecule has 0 aliphatic rings. The Labute approximate surface area is 101 Å². The molecule has 1 unspecified atom stereocenters. The topological polar surface area (TPSA) is 57.5 Å². The third kappa shape index (κ3) is 2.27. The molecular formula is C9H5BrF4O3. The quantitative estimate of drug-likeness (QED) is 0.824. The van der Waals surface area contributed by atoms with Crippen LogP contribution in [-0.4, -0.2) is 22.4 Å². The van der Waals surface area contributed by atoms with Gasteiger partial charge in [0.15, 0.2) is 0 Å². The van der Waals surface area contributed by atoms with Gasteiger partial charge in [-0.05, 0) is 28.1 Å². The lowest BCUT2D eigenvalue weighted by Gasteiger charge is -2.26. The summed E-state index contributed by atoms with van der Waals surface area (Å²) in [4.78, 5) is 10.6. The molecule has 0 radical (unpaired) electrons. The number of rotatable bonds is 2. The van der Waals surface area contributed by atoms with Gasteiger partial charge in [-0.2, -0.15) is 13.2 Å². The Morgan fingerprint density at radius 1 is 1.29 bits per heavy atom. The maximum absolute atomic E-state index is 12.8. The van der Waals surface area contributed by atoms with Gasteiger partial charge in [0, 0.05) is 5.56 Å². The van der Waals surface area contributed by atoms with Crippen molar-refractivity contribution in [2.45, 2.75) is 11.8 Å². The zero-order valence-electron chi connectivity index (χ0n) is 7.92. The zero-order valence-corrected chi connectivity index (χ0v) is 9.51. The number of carboxylic acids is 1. The fourth-order valence-corrected chi connectivity index (χ4v) is 1.51. The van der Waals surface area contributed by atoms with Crippen LogP contribution in [-0.2, 0) is 10.4 Å². The summed E-state index contributed by atoms with van der Waals surface area (Å²) in [7, 11) is 0. The summed E-state index contributed by atoms with van der Waals surface area (Å²) in [6, 6.07) is 1.75. The van der Waals surface area contributed by atoms with Crippen molar-refractivity contribution in [3.05, 3.63) is 34.1 Å². The standard InChI is InChI=1S/C9H5BrF4O3/c10-5-3-4(1-2-6(5)11)8(17,7(15)16)9(12,13)14/h1-3,17H,(H,15,16). The molecule has 0 saturated carbocycles. The van der Waals surface area contributed by atoms with Gasteiger partial charge in [-0.15, -0.1) is 0 Å². The SMILES string of the molecule is O=C(O)C(O)(c1ccc(F)c(Br)c1)C(F)(F)F. The molecule has 3 nitrogen and oxygen atoms in total. The summed E-state index contributed by atoms with van der Waals surface area (Å²) < 4.78 is 50.1. The molecule has 0 aliphatic heterocycles. The number of aliphatic hydroxyl groups is 1. The number of alkyl halides is 3. The molecule has 0 fully saturated rings. The van der Waals surface area contributed by atoms with Crippen LogP contribution in [0.2, 0.25) is 0 Å². The predicted molar refractivity (Wildman–Crippen MR) is 51.7 cm³/mol. The van der Waals surface area contributed by atoms with Crippen molar-refractivity contribution in [3.63, 3.8) is 0 Å². The lowest BCUT2D eigenvalue weighted by atomic mass is 9.93. The zero-order chi connectivity index (χ0) is 13.4. The summed E-state index contributed by atoms with van der Waals surface area (Å²) in [5, 5.41) is 17.7. The van der Waals surface area contributed by atoms with E-state index in [4.69, 9.17) is 5.11 Å². The van der Waals surface area contributed by atoms with Crippen LogP contribution in [0.3, 0.4) is 0 Å². The molecule has 1 aromatic carbocycles. The molecule has 0 spiro atoms. The highest BCUT2D eigenvalue weighted by Gasteiger charge is 2.61. The van der Waals surface area contributed by atoms with Crippen molar-refractivity contribution in [2.24, 2.45) is 0 Å². The highest BCUT2D eigenvalue weighted by Crippen LogP contribution is 2.40. The van der Waals surface area contributed by atoms with Crippen LogP contribution in [0.4, 0.5) is 17.6 Å². The molecule has 8 heteroatoms. The van der Waals surface area contributed by atoms with E-state index in [-0.39, 0.29) is 4.47 Å². The minimum atomic E-state index is -5.42. The number of hydrogen-bond donors (Lipinski definition) is 2. The fourth-order valence-electron chi connectivity index (χ4n) is 1.13. The van der Waals surface area contributed by atoms with E-state index in [2.05, 4.69) is 15.9 Å². The van der Waals surface area contributed by atoms with Gasteiger partial charge in [0.25, 0.3) is 5.60 Å². The second-order valence-corrected chi connectivity index (χ2v) is 4.00. The molecule has 1 atom stereocenters. The molecule has 0 heterocycles. The third-order valence-electron chi connectivity index (χ3n) is 2.06. The molecule has 0 aromatic heterocycles. The number of hydrogen-bond acceptors (Lipinski definition) is 2. The fraction of sp³-hybridized carbons (Fsp3) is 0.222. The smallest absolute Gasteiger partial charge is 0.432 e. The van der Waals surface area contributed by atoms with Crippen LogP contribution in [0.15, 0.2) is 22.7 Å². The second-order valence-electron chi connectivity index (χ2n) is 3.14. The van der Waals surface area contributed by atoms with E-state index in [9.17, 15) is 27.5 Å². The highest BCUT2D eigenvalue weighted by atomic mass is 79.9. The van der Waals surface area contributed by atoms with Crippen molar-refractivity contribution < 1.29 is 32.6 Å². The lowest BCUT2D eigenvalue weighted by molar-refractivity contribution is -0.265. The summed E-state index contributed by atoms with van der Waals surface area (Å²) in [6.07, 6.45) is -5.42. The van der Waals surface area contributed by atoms with Crippen molar-refractivity contribution in [2.75, 3.05) is 0 Å². The Balaban J connectivity index is 3.44. The Hall–Kier alpha value is -1.15. The lowest BCUT2D eigenvalue weighted by Crippen LogP contribution is -2.49. The molecule has 0 amide bonds. The molecule has 0 bridgehead atoms. The molecule has 1 aromatic rings. The molecule has 17 heavy (non-hydrogen) atoms. The van der Waals surface area contributed by atoms with E-state index in [0.717, 1.165) is 0 Å². The number of benzene rings is 1. The van der Waals surface area contributed by atoms with Gasteiger partial charge < -0.3 is 10.2 Å². The first-order chi connectivity index (χ1) is 7.60. The van der Waals surface area contributed by atoms with Gasteiger partial charge in [-0.25, -0.2) is 9.18 Å². The van der Waals surface area contributed by atoms with E-state index >= 15 is 0 Å². The van der Waals surface area contributed by atoms with Crippen LogP contribution in [0.1, 0.15) is 5.56 Å². The van der Waals surface area contributed by atoms with E-state index in [1.165, 1.54) is 0 Å². The van der Waals surface area contributed by atoms with Crippen LogP contribution in [0.25, 0.3) is 0 Å². The number of halogens is 5. The van der Waals surface area contributed by atoms with E-state index in [0.29, 0.717) is 18.2 Å². The largest absolute Gasteiger partial charge is 0.479 e.